The molecule has 1 aromatic carbocycles. The van der Waals surface area contributed by atoms with E-state index in [9.17, 15) is 4.39 Å². The van der Waals surface area contributed by atoms with Gasteiger partial charge in [0.25, 0.3) is 0 Å². The maximum absolute atomic E-state index is 14.6. The van der Waals surface area contributed by atoms with E-state index in [-0.39, 0.29) is 29.8 Å². The van der Waals surface area contributed by atoms with Gasteiger partial charge in [-0.1, -0.05) is 38.5 Å². The molecule has 174 valence electrons. The van der Waals surface area contributed by atoms with Gasteiger partial charge < -0.3 is 26.4 Å². The van der Waals surface area contributed by atoms with Crippen LogP contribution in [-0.2, 0) is 0 Å². The number of aromatic nitrogens is 3. The Labute approximate surface area is 189 Å². The molecule has 32 heavy (non-hydrogen) atoms. The molecule has 0 amide bonds. The minimum Gasteiger partial charge on any atom is -0.494 e. The molecule has 2 aliphatic rings. The average Bonchev–Trinajstić information content (AvgIpc) is 3.05. The number of nitrogens with two attached hydrogens (primary N) is 2. The summed E-state index contributed by atoms with van der Waals surface area (Å²) in [6.07, 6.45) is 10.8. The highest BCUT2D eigenvalue weighted by Gasteiger charge is 2.27. The maximum Gasteiger partial charge on any atom is 0.236 e. The van der Waals surface area contributed by atoms with Crippen LogP contribution in [0.15, 0.2) is 18.2 Å². The third-order valence-corrected chi connectivity index (χ3v) is 6.59. The van der Waals surface area contributed by atoms with Crippen molar-refractivity contribution in [2.75, 3.05) is 23.1 Å². The molecular formula is C23H34FN7O. The first-order chi connectivity index (χ1) is 15.5. The zero-order chi connectivity index (χ0) is 22.5. The zero-order valence-corrected chi connectivity index (χ0v) is 18.8. The number of methoxy groups -OCH3 is 1. The minimum atomic E-state index is -0.419. The van der Waals surface area contributed by atoms with E-state index < -0.39 is 5.82 Å². The van der Waals surface area contributed by atoms with Gasteiger partial charge in [0.15, 0.2) is 11.6 Å². The summed E-state index contributed by atoms with van der Waals surface area (Å²) in [6.45, 7) is 0. The number of anilines is 4. The summed E-state index contributed by atoms with van der Waals surface area (Å²) in [5.74, 6) is 0.772. The van der Waals surface area contributed by atoms with Crippen LogP contribution in [0.25, 0.3) is 0 Å². The van der Waals surface area contributed by atoms with Gasteiger partial charge >= 0.3 is 0 Å². The van der Waals surface area contributed by atoms with Crippen LogP contribution in [0.2, 0.25) is 0 Å². The third kappa shape index (κ3) is 5.20. The van der Waals surface area contributed by atoms with E-state index in [1.807, 2.05) is 11.0 Å². The minimum absolute atomic E-state index is 0.0545. The highest BCUT2D eigenvalue weighted by molar-refractivity contribution is 5.61. The molecule has 5 N–H and O–H groups in total. The maximum atomic E-state index is 14.6. The van der Waals surface area contributed by atoms with E-state index in [1.54, 1.807) is 6.07 Å². The monoisotopic (exact) mass is 443 g/mol. The Bertz CT molecular complexity index is 904. The molecule has 1 heterocycles. The van der Waals surface area contributed by atoms with E-state index in [0.717, 1.165) is 51.4 Å². The topological polar surface area (TPSA) is 115 Å². The zero-order valence-electron chi connectivity index (χ0n) is 18.8. The summed E-state index contributed by atoms with van der Waals surface area (Å²) in [5, 5.41) is 3.38. The predicted molar refractivity (Wildman–Crippen MR) is 125 cm³/mol. The quantitative estimate of drug-likeness (QED) is 0.571. The molecule has 8 nitrogen and oxygen atoms in total. The lowest BCUT2D eigenvalue weighted by molar-refractivity contribution is 0.386. The van der Waals surface area contributed by atoms with E-state index >= 15 is 0 Å². The molecule has 9 heteroatoms. The number of ether oxygens (including phenoxy) is 1. The second-order valence-corrected chi connectivity index (χ2v) is 8.85. The van der Waals surface area contributed by atoms with Crippen LogP contribution in [0, 0.1) is 5.82 Å². The standard InChI is InChI=1S/C23H34FN7O/c1-32-20-13-12-16(14-17(20)24)31(15-8-4-2-3-5-9-15)23-29-21(26)28-22(30-23)27-19-11-7-6-10-18(19)25/h12-15,18-19H,2-11,25H2,1H3,(H3,26,27,28,29,30). The van der Waals surface area contributed by atoms with Crippen molar-refractivity contribution in [3.8, 4) is 5.75 Å². The number of hydrogen-bond donors (Lipinski definition) is 3. The SMILES string of the molecule is COc1ccc(N(c2nc(N)nc(NC3CCCCC3N)n2)C2CCCCCC2)cc1F. The first kappa shape index (κ1) is 22.5. The molecule has 2 aromatic rings. The van der Waals surface area contributed by atoms with Gasteiger partial charge in [-0.3, -0.25) is 0 Å². The number of nitrogens with one attached hydrogen (secondary N) is 1. The Hall–Kier alpha value is -2.68. The van der Waals surface area contributed by atoms with Crippen LogP contribution >= 0.6 is 0 Å². The smallest absolute Gasteiger partial charge is 0.236 e. The van der Waals surface area contributed by atoms with Crippen molar-refractivity contribution < 1.29 is 9.13 Å². The molecule has 0 bridgehead atoms. The summed E-state index contributed by atoms with van der Waals surface area (Å²) in [6, 6.07) is 5.27. The van der Waals surface area contributed by atoms with Crippen molar-refractivity contribution in [3.63, 3.8) is 0 Å². The molecule has 2 unspecified atom stereocenters. The van der Waals surface area contributed by atoms with Gasteiger partial charge in [-0.25, -0.2) is 4.39 Å². The van der Waals surface area contributed by atoms with Crippen molar-refractivity contribution in [2.24, 2.45) is 5.73 Å². The summed E-state index contributed by atoms with van der Waals surface area (Å²) < 4.78 is 19.7. The molecule has 0 aliphatic heterocycles. The van der Waals surface area contributed by atoms with E-state index in [1.165, 1.54) is 26.0 Å². The summed E-state index contributed by atoms with van der Waals surface area (Å²) in [5.41, 5.74) is 13.1. The van der Waals surface area contributed by atoms with Gasteiger partial charge in [0.05, 0.1) is 7.11 Å². The second kappa shape index (κ2) is 10.3. The molecule has 0 spiro atoms. The van der Waals surface area contributed by atoms with E-state index in [0.29, 0.717) is 17.6 Å². The number of hydrogen-bond acceptors (Lipinski definition) is 8. The molecule has 2 fully saturated rings. The molecular weight excluding hydrogens is 409 g/mol. The van der Waals surface area contributed by atoms with Crippen molar-refractivity contribution in [1.29, 1.82) is 0 Å². The van der Waals surface area contributed by atoms with Crippen LogP contribution in [0.5, 0.6) is 5.75 Å². The lowest BCUT2D eigenvalue weighted by atomic mass is 9.91. The Morgan fingerprint density at radius 1 is 1.00 bits per heavy atom. The normalized spacial score (nSPS) is 22.2. The Morgan fingerprint density at radius 3 is 2.41 bits per heavy atom. The van der Waals surface area contributed by atoms with Crippen LogP contribution < -0.4 is 26.4 Å². The Morgan fingerprint density at radius 2 is 1.72 bits per heavy atom. The fraction of sp³-hybridized carbons (Fsp3) is 0.609. The van der Waals surface area contributed by atoms with E-state index in [2.05, 4.69) is 15.3 Å². The molecule has 2 saturated carbocycles. The predicted octanol–water partition coefficient (Wildman–Crippen LogP) is 4.14. The summed E-state index contributed by atoms with van der Waals surface area (Å²) in [4.78, 5) is 15.5. The third-order valence-electron chi connectivity index (χ3n) is 6.59. The fourth-order valence-corrected chi connectivity index (χ4v) is 4.87. The van der Waals surface area contributed by atoms with Crippen molar-refractivity contribution >= 4 is 23.5 Å². The highest BCUT2D eigenvalue weighted by atomic mass is 19.1. The van der Waals surface area contributed by atoms with Gasteiger partial charge in [0.2, 0.25) is 17.8 Å². The Kier molecular flexibility index (Phi) is 7.24. The number of benzene rings is 1. The van der Waals surface area contributed by atoms with E-state index in [4.69, 9.17) is 21.2 Å². The Balaban J connectivity index is 1.70. The van der Waals surface area contributed by atoms with Gasteiger partial charge in [0.1, 0.15) is 0 Å². The lowest BCUT2D eigenvalue weighted by Crippen LogP contribution is -2.43. The number of halogens is 1. The molecule has 1 aromatic heterocycles. The first-order valence-electron chi connectivity index (χ1n) is 11.7. The van der Waals surface area contributed by atoms with Gasteiger partial charge in [-0.15, -0.1) is 0 Å². The molecule has 2 aliphatic carbocycles. The van der Waals surface area contributed by atoms with Crippen LogP contribution in [-0.4, -0.2) is 40.2 Å². The van der Waals surface area contributed by atoms with Gasteiger partial charge in [0, 0.05) is 29.9 Å². The molecule has 2 atom stereocenters. The number of rotatable bonds is 6. The first-order valence-corrected chi connectivity index (χ1v) is 11.7. The van der Waals surface area contributed by atoms with Crippen LogP contribution in [0.3, 0.4) is 0 Å². The number of nitrogen functional groups attached to an aromatic ring is 1. The van der Waals surface area contributed by atoms with Crippen LogP contribution in [0.4, 0.5) is 27.9 Å². The van der Waals surface area contributed by atoms with Crippen LogP contribution in [0.1, 0.15) is 64.2 Å². The molecule has 0 saturated heterocycles. The van der Waals surface area contributed by atoms with Crippen molar-refractivity contribution in [2.45, 2.75) is 82.3 Å². The fourth-order valence-electron chi connectivity index (χ4n) is 4.87. The summed E-state index contributed by atoms with van der Waals surface area (Å²) >= 11 is 0. The van der Waals surface area contributed by atoms with Crippen molar-refractivity contribution in [3.05, 3.63) is 24.0 Å². The molecule has 4 rings (SSSR count). The molecule has 0 radical (unpaired) electrons. The largest absolute Gasteiger partial charge is 0.494 e. The summed E-state index contributed by atoms with van der Waals surface area (Å²) in [7, 11) is 1.46. The lowest BCUT2D eigenvalue weighted by Gasteiger charge is -2.32. The van der Waals surface area contributed by atoms with Crippen molar-refractivity contribution in [1.82, 2.24) is 15.0 Å². The van der Waals surface area contributed by atoms with Gasteiger partial charge in [-0.05, 0) is 37.8 Å². The highest BCUT2D eigenvalue weighted by Crippen LogP contribution is 2.34. The second-order valence-electron chi connectivity index (χ2n) is 8.85. The average molecular weight is 444 g/mol. The number of nitrogens with zero attached hydrogens (tertiary/aromatic N) is 4. The van der Waals surface area contributed by atoms with Gasteiger partial charge in [-0.2, -0.15) is 15.0 Å².